The second kappa shape index (κ2) is 25.8. The Morgan fingerprint density at radius 3 is 1.46 bits per heavy atom. The summed E-state index contributed by atoms with van der Waals surface area (Å²) in [5.41, 5.74) is 20.0. The van der Waals surface area contributed by atoms with Gasteiger partial charge in [0.1, 0.15) is 47.8 Å². The molecule has 376 valence electrons. The molecule has 0 radical (unpaired) electrons. The van der Waals surface area contributed by atoms with E-state index in [0.29, 0.717) is 22.3 Å². The van der Waals surface area contributed by atoms with Crippen molar-refractivity contribution in [1.29, 1.82) is 0 Å². The Balaban J connectivity index is 1.48. The van der Waals surface area contributed by atoms with Gasteiger partial charge in [-0.2, -0.15) is 0 Å². The Hall–Kier alpha value is -8.46. The summed E-state index contributed by atoms with van der Waals surface area (Å²) in [6.45, 7) is 2.75. The number of carboxylic acids is 1. The highest BCUT2D eigenvalue weighted by atomic mass is 16.4. The molecule has 0 aliphatic carbocycles. The quantitative estimate of drug-likeness (QED) is 0.0212. The number of carboxylic acid groups (broad SMARTS) is 1. The molecule has 71 heavy (non-hydrogen) atoms. The van der Waals surface area contributed by atoms with Crippen LogP contribution in [0.2, 0.25) is 0 Å². The zero-order valence-corrected chi connectivity index (χ0v) is 39.3. The number of phenols is 2. The summed E-state index contributed by atoms with van der Waals surface area (Å²) in [6, 6.07) is 18.7. The lowest BCUT2D eigenvalue weighted by atomic mass is 10.0. The number of aliphatic carboxylic acids is 1. The average Bonchev–Trinajstić information content (AvgIpc) is 3.75. The van der Waals surface area contributed by atoms with Crippen molar-refractivity contribution >= 4 is 58.3 Å². The number of fused-ring (bicyclic) bond motifs is 1. The van der Waals surface area contributed by atoms with Gasteiger partial charge in [0.2, 0.25) is 35.4 Å². The molecular formula is C50H61N11O10. The third kappa shape index (κ3) is 16.6. The van der Waals surface area contributed by atoms with E-state index in [0.717, 1.165) is 10.9 Å². The summed E-state index contributed by atoms with van der Waals surface area (Å²) in [6.07, 6.45) is 1.33. The zero-order chi connectivity index (χ0) is 51.6. The Morgan fingerprint density at radius 1 is 0.549 bits per heavy atom. The number of nitrogens with one attached hydrogen (secondary N) is 7. The van der Waals surface area contributed by atoms with Crippen LogP contribution in [0.3, 0.4) is 0 Å². The molecule has 21 nitrogen and oxygen atoms in total. The second-order valence-corrected chi connectivity index (χ2v) is 17.1. The molecule has 0 bridgehead atoms. The molecule has 1 aromatic heterocycles. The van der Waals surface area contributed by atoms with E-state index in [1.165, 1.54) is 50.2 Å². The molecule has 0 aliphatic rings. The zero-order valence-electron chi connectivity index (χ0n) is 39.3. The number of phenolic OH excluding ortho intramolecular Hbond substituents is 2. The highest BCUT2D eigenvalue weighted by Crippen LogP contribution is 2.20. The van der Waals surface area contributed by atoms with Crippen LogP contribution in [0.25, 0.3) is 10.9 Å². The number of hydrogen-bond acceptors (Lipinski definition) is 11. The van der Waals surface area contributed by atoms with E-state index in [9.17, 15) is 48.9 Å². The van der Waals surface area contributed by atoms with Gasteiger partial charge in [0.15, 0.2) is 5.96 Å². The molecule has 0 saturated heterocycles. The van der Waals surface area contributed by atoms with Gasteiger partial charge in [0, 0.05) is 49.3 Å². The highest BCUT2D eigenvalue weighted by molar-refractivity contribution is 5.97. The molecule has 21 heteroatoms. The molecule has 4 aromatic carbocycles. The van der Waals surface area contributed by atoms with Crippen molar-refractivity contribution < 1.29 is 48.9 Å². The predicted octanol–water partition coefficient (Wildman–Crippen LogP) is 0.264. The van der Waals surface area contributed by atoms with E-state index in [1.807, 2.05) is 18.2 Å². The number of rotatable bonds is 25. The van der Waals surface area contributed by atoms with Crippen molar-refractivity contribution in [3.05, 3.63) is 132 Å². The van der Waals surface area contributed by atoms with Crippen molar-refractivity contribution in [2.24, 2.45) is 22.2 Å². The van der Waals surface area contributed by atoms with E-state index < -0.39 is 83.7 Å². The fourth-order valence-corrected chi connectivity index (χ4v) is 7.48. The number of H-pyrrole nitrogens is 1. The standard InChI is InChI=1S/C50H61N11O10/c1-28(51)43(64)58-40(23-30-9-4-3-5-10-30)47(68)60-41(25-32-16-20-35(63)21-17-32)46(67)57-38(13-8-22-54-50(52)53)44(65)61-42(26-33-27-55-37-12-7-6-11-36(33)37)48(69)59-39(45(66)56-29(2)49(70)71)24-31-14-18-34(62)19-15-31/h3-7,9-12,14-21,27-29,38-42,55,62-63H,8,13,22-26,51H2,1-2H3,(H,56,66)(H,57,67)(H,58,64)(H,59,69)(H,60,68)(H,61,65)(H,70,71)(H4,52,53,54)/t28-,29-,38-,39-,40-,41-,42-/m0/s1. The number of carbonyl (C=O) groups excluding carboxylic acids is 6. The van der Waals surface area contributed by atoms with Crippen LogP contribution in [0.4, 0.5) is 0 Å². The lowest BCUT2D eigenvalue weighted by molar-refractivity contribution is -0.141. The molecule has 16 N–H and O–H groups in total. The topological polar surface area (TPSA) is 359 Å². The van der Waals surface area contributed by atoms with Crippen LogP contribution in [-0.2, 0) is 59.2 Å². The Labute approximate surface area is 409 Å². The van der Waals surface area contributed by atoms with Crippen LogP contribution in [-0.4, -0.2) is 117 Å². The molecule has 0 fully saturated rings. The minimum Gasteiger partial charge on any atom is -0.508 e. The van der Waals surface area contributed by atoms with Crippen LogP contribution in [0.1, 0.15) is 48.9 Å². The molecule has 5 aromatic rings. The molecule has 7 atom stereocenters. The molecule has 6 amide bonds. The normalized spacial score (nSPS) is 14.0. The van der Waals surface area contributed by atoms with E-state index in [2.05, 4.69) is 41.9 Å². The van der Waals surface area contributed by atoms with Crippen LogP contribution < -0.4 is 49.1 Å². The summed E-state index contributed by atoms with van der Waals surface area (Å²) in [7, 11) is 0. The van der Waals surface area contributed by atoms with Crippen molar-refractivity contribution in [1.82, 2.24) is 36.9 Å². The lowest BCUT2D eigenvalue weighted by Gasteiger charge is -2.28. The number of nitrogens with two attached hydrogens (primary N) is 3. The molecule has 0 aliphatic heterocycles. The van der Waals surface area contributed by atoms with Gasteiger partial charge < -0.3 is 69.4 Å². The first-order valence-electron chi connectivity index (χ1n) is 22.9. The number of carbonyl (C=O) groups is 7. The number of aromatic nitrogens is 1. The number of aromatic hydroxyl groups is 2. The lowest BCUT2D eigenvalue weighted by Crippen LogP contribution is -2.60. The summed E-state index contributed by atoms with van der Waals surface area (Å²) in [5, 5.41) is 46.1. The monoisotopic (exact) mass is 975 g/mol. The van der Waals surface area contributed by atoms with Gasteiger partial charge in [-0.15, -0.1) is 0 Å². The molecule has 0 unspecified atom stereocenters. The largest absolute Gasteiger partial charge is 0.508 e. The van der Waals surface area contributed by atoms with Gasteiger partial charge in [-0.1, -0.05) is 72.8 Å². The summed E-state index contributed by atoms with van der Waals surface area (Å²) in [4.78, 5) is 103. The maximum atomic E-state index is 14.7. The number of guanidine groups is 1. The SMILES string of the molecule is C[C@H](N)C(=O)N[C@@H](Cc1ccccc1)C(=O)N[C@@H](Cc1ccc(O)cc1)C(=O)N[C@@H](CCCN=C(N)N)C(=O)N[C@@H](Cc1c[nH]c2ccccc12)C(=O)N[C@@H](Cc1ccc(O)cc1)C(=O)N[C@@H](C)C(=O)O. The molecular weight excluding hydrogens is 915 g/mol. The third-order valence-electron chi connectivity index (χ3n) is 11.4. The first-order chi connectivity index (χ1) is 33.9. The third-order valence-corrected chi connectivity index (χ3v) is 11.4. The molecule has 0 spiro atoms. The molecule has 1 heterocycles. The smallest absolute Gasteiger partial charge is 0.325 e. The van der Waals surface area contributed by atoms with Gasteiger partial charge in [0.25, 0.3) is 0 Å². The van der Waals surface area contributed by atoms with Gasteiger partial charge >= 0.3 is 5.97 Å². The number of hydrogen-bond donors (Lipinski definition) is 13. The van der Waals surface area contributed by atoms with Crippen LogP contribution in [0, 0.1) is 0 Å². The van der Waals surface area contributed by atoms with Crippen LogP contribution >= 0.6 is 0 Å². The van der Waals surface area contributed by atoms with Gasteiger partial charge in [-0.3, -0.25) is 38.6 Å². The van der Waals surface area contributed by atoms with Crippen molar-refractivity contribution in [3.8, 4) is 11.5 Å². The number of aliphatic imine (C=N–C) groups is 1. The number of amides is 6. The first kappa shape index (κ1) is 53.5. The maximum absolute atomic E-state index is 14.7. The van der Waals surface area contributed by atoms with E-state index in [4.69, 9.17) is 17.2 Å². The van der Waals surface area contributed by atoms with Crippen molar-refractivity contribution in [2.75, 3.05) is 6.54 Å². The van der Waals surface area contributed by atoms with Gasteiger partial charge in [-0.25, -0.2) is 0 Å². The number of nitrogens with zero attached hydrogens (tertiary/aromatic N) is 1. The summed E-state index contributed by atoms with van der Waals surface area (Å²) >= 11 is 0. The molecule has 5 rings (SSSR count). The Morgan fingerprint density at radius 2 is 0.972 bits per heavy atom. The number of para-hydroxylation sites is 1. The number of aromatic amines is 1. The minimum absolute atomic E-state index is 0.0322. The fraction of sp³-hybridized carbons (Fsp3) is 0.320. The molecule has 0 saturated carbocycles. The first-order valence-corrected chi connectivity index (χ1v) is 22.9. The summed E-state index contributed by atoms with van der Waals surface area (Å²) < 4.78 is 0. The maximum Gasteiger partial charge on any atom is 0.325 e. The van der Waals surface area contributed by atoms with Gasteiger partial charge in [0.05, 0.1) is 6.04 Å². The fourth-order valence-electron chi connectivity index (χ4n) is 7.48. The van der Waals surface area contributed by atoms with Crippen molar-refractivity contribution in [3.63, 3.8) is 0 Å². The average molecular weight is 976 g/mol. The predicted molar refractivity (Wildman–Crippen MR) is 264 cm³/mol. The van der Waals surface area contributed by atoms with Gasteiger partial charge in [-0.05, 0) is 79.3 Å². The van der Waals surface area contributed by atoms with E-state index in [1.54, 1.807) is 54.7 Å². The highest BCUT2D eigenvalue weighted by Gasteiger charge is 2.34. The van der Waals surface area contributed by atoms with Crippen LogP contribution in [0.5, 0.6) is 11.5 Å². The Bertz CT molecular complexity index is 2650. The summed E-state index contributed by atoms with van der Waals surface area (Å²) in [5.74, 6) is -6.36. The van der Waals surface area contributed by atoms with Crippen LogP contribution in [0.15, 0.2) is 114 Å². The van der Waals surface area contributed by atoms with Crippen molar-refractivity contribution in [2.45, 2.75) is 94.7 Å². The van der Waals surface area contributed by atoms with E-state index >= 15 is 0 Å². The minimum atomic E-state index is -1.43. The number of benzene rings is 4. The van der Waals surface area contributed by atoms with E-state index in [-0.39, 0.29) is 62.5 Å². The Kier molecular flexibility index (Phi) is 19.4. The second-order valence-electron chi connectivity index (χ2n) is 17.1.